The maximum absolute atomic E-state index is 13.0. The van der Waals surface area contributed by atoms with Gasteiger partial charge in [0.25, 0.3) is 0 Å². The highest BCUT2D eigenvalue weighted by Gasteiger charge is 2.09. The van der Waals surface area contributed by atoms with Gasteiger partial charge in [-0.3, -0.25) is 9.59 Å². The zero-order valence-corrected chi connectivity index (χ0v) is 12.9. The minimum Gasteiger partial charge on any atom is -0.347 e. The molecule has 4 nitrogen and oxygen atoms in total. The van der Waals surface area contributed by atoms with Crippen LogP contribution in [0.4, 0.5) is 10.1 Å². The van der Waals surface area contributed by atoms with Crippen LogP contribution in [0, 0.1) is 5.82 Å². The number of rotatable bonds is 6. The topological polar surface area (TPSA) is 58.2 Å². The Hall–Kier alpha value is -2.69. The number of anilines is 1. The van der Waals surface area contributed by atoms with Crippen molar-refractivity contribution in [3.63, 3.8) is 0 Å². The molecule has 23 heavy (non-hydrogen) atoms. The Labute approximate surface area is 134 Å². The molecule has 0 unspecified atom stereocenters. The normalized spacial score (nSPS) is 10.2. The van der Waals surface area contributed by atoms with Crippen molar-refractivity contribution in [3.05, 3.63) is 65.5 Å². The van der Waals surface area contributed by atoms with E-state index in [4.69, 9.17) is 0 Å². The number of para-hydroxylation sites is 1. The maximum Gasteiger partial charge on any atom is 0.243 e. The molecule has 0 saturated carbocycles. The molecular weight excluding hydrogens is 295 g/mol. The molecular formula is C18H19FN2O2. The smallest absolute Gasteiger partial charge is 0.243 e. The number of halogens is 1. The number of carbonyl (C=O) groups is 2. The molecule has 0 aliphatic heterocycles. The first-order valence-corrected chi connectivity index (χ1v) is 7.47. The van der Waals surface area contributed by atoms with E-state index >= 15 is 0 Å². The summed E-state index contributed by atoms with van der Waals surface area (Å²) in [6.45, 7) is 1.89. The molecule has 0 aliphatic carbocycles. The Morgan fingerprint density at radius 3 is 2.57 bits per heavy atom. The fraction of sp³-hybridized carbons (Fsp3) is 0.222. The van der Waals surface area contributed by atoms with E-state index in [1.54, 1.807) is 12.1 Å². The second-order valence-electron chi connectivity index (χ2n) is 5.14. The summed E-state index contributed by atoms with van der Waals surface area (Å²) in [5, 5.41) is 5.31. The second kappa shape index (κ2) is 8.08. The lowest BCUT2D eigenvalue weighted by Crippen LogP contribution is -2.34. The van der Waals surface area contributed by atoms with E-state index in [1.807, 2.05) is 31.2 Å². The summed E-state index contributed by atoms with van der Waals surface area (Å²) in [6, 6.07) is 13.4. The van der Waals surface area contributed by atoms with Crippen molar-refractivity contribution in [1.29, 1.82) is 0 Å². The van der Waals surface area contributed by atoms with Gasteiger partial charge in [0.15, 0.2) is 0 Å². The molecule has 0 atom stereocenters. The third-order valence-corrected chi connectivity index (χ3v) is 3.37. The number of aryl methyl sites for hydroxylation is 1. The Balaban J connectivity index is 1.83. The first-order valence-electron chi connectivity index (χ1n) is 7.47. The van der Waals surface area contributed by atoms with E-state index in [9.17, 15) is 14.0 Å². The molecule has 0 spiro atoms. The third kappa shape index (κ3) is 5.21. The molecule has 0 bridgehead atoms. The van der Waals surface area contributed by atoms with Crippen molar-refractivity contribution in [2.45, 2.75) is 19.8 Å². The van der Waals surface area contributed by atoms with Gasteiger partial charge in [-0.05, 0) is 35.7 Å². The fourth-order valence-corrected chi connectivity index (χ4v) is 2.22. The van der Waals surface area contributed by atoms with Crippen LogP contribution in [-0.2, 0) is 22.4 Å². The minimum absolute atomic E-state index is 0.0383. The van der Waals surface area contributed by atoms with Crippen LogP contribution in [0.15, 0.2) is 48.5 Å². The van der Waals surface area contributed by atoms with E-state index in [-0.39, 0.29) is 30.6 Å². The SMILES string of the molecule is CCc1ccccc1NC(=O)CNC(=O)Cc1cccc(F)c1. The molecule has 2 aromatic rings. The van der Waals surface area contributed by atoms with E-state index in [1.165, 1.54) is 12.1 Å². The molecule has 0 fully saturated rings. The van der Waals surface area contributed by atoms with Gasteiger partial charge in [0.2, 0.25) is 11.8 Å². The minimum atomic E-state index is -0.385. The molecule has 0 saturated heterocycles. The van der Waals surface area contributed by atoms with Gasteiger partial charge >= 0.3 is 0 Å². The summed E-state index contributed by atoms with van der Waals surface area (Å²) in [4.78, 5) is 23.7. The summed E-state index contributed by atoms with van der Waals surface area (Å²) < 4.78 is 13.0. The Bertz CT molecular complexity index is 701. The molecule has 2 amide bonds. The summed E-state index contributed by atoms with van der Waals surface area (Å²) in [5.74, 6) is -1.00. The average molecular weight is 314 g/mol. The van der Waals surface area contributed by atoms with Gasteiger partial charge in [-0.25, -0.2) is 4.39 Å². The van der Waals surface area contributed by atoms with Gasteiger partial charge in [-0.15, -0.1) is 0 Å². The van der Waals surface area contributed by atoms with Gasteiger partial charge in [0.1, 0.15) is 5.82 Å². The van der Waals surface area contributed by atoms with Crippen LogP contribution in [0.2, 0.25) is 0 Å². The van der Waals surface area contributed by atoms with Crippen molar-refractivity contribution in [2.24, 2.45) is 0 Å². The number of hydrogen-bond acceptors (Lipinski definition) is 2. The summed E-state index contributed by atoms with van der Waals surface area (Å²) in [7, 11) is 0. The van der Waals surface area contributed by atoms with Crippen LogP contribution in [0.5, 0.6) is 0 Å². The van der Waals surface area contributed by atoms with Gasteiger partial charge < -0.3 is 10.6 Å². The molecule has 120 valence electrons. The molecule has 0 aliphatic rings. The second-order valence-corrected chi connectivity index (χ2v) is 5.14. The van der Waals surface area contributed by atoms with E-state index in [2.05, 4.69) is 10.6 Å². The van der Waals surface area contributed by atoms with Crippen molar-refractivity contribution >= 4 is 17.5 Å². The van der Waals surface area contributed by atoms with E-state index in [0.29, 0.717) is 5.56 Å². The number of carbonyl (C=O) groups excluding carboxylic acids is 2. The maximum atomic E-state index is 13.0. The summed E-state index contributed by atoms with van der Waals surface area (Å²) >= 11 is 0. The number of hydrogen-bond donors (Lipinski definition) is 2. The average Bonchev–Trinajstić information content (AvgIpc) is 2.53. The zero-order chi connectivity index (χ0) is 16.7. The lowest BCUT2D eigenvalue weighted by molar-refractivity contribution is -0.123. The molecule has 2 rings (SSSR count). The molecule has 0 aromatic heterocycles. The number of nitrogens with one attached hydrogen (secondary N) is 2. The van der Waals surface area contributed by atoms with Gasteiger partial charge in [0.05, 0.1) is 13.0 Å². The highest BCUT2D eigenvalue weighted by Crippen LogP contribution is 2.14. The molecule has 2 aromatic carbocycles. The summed E-state index contributed by atoms with van der Waals surface area (Å²) in [5.41, 5.74) is 2.35. The Morgan fingerprint density at radius 1 is 1.04 bits per heavy atom. The van der Waals surface area contributed by atoms with Crippen LogP contribution < -0.4 is 10.6 Å². The summed E-state index contributed by atoms with van der Waals surface area (Å²) in [6.07, 6.45) is 0.846. The van der Waals surface area contributed by atoms with E-state index < -0.39 is 0 Å². The predicted octanol–water partition coefficient (Wildman–Crippen LogP) is 2.69. The predicted molar refractivity (Wildman–Crippen MR) is 87.6 cm³/mol. The standard InChI is InChI=1S/C18H19FN2O2/c1-2-14-7-3-4-9-16(14)21-18(23)12-20-17(22)11-13-6-5-8-15(19)10-13/h3-10H,2,11-12H2,1H3,(H,20,22)(H,21,23). The number of amides is 2. The highest BCUT2D eigenvalue weighted by molar-refractivity contribution is 5.95. The Kier molecular flexibility index (Phi) is 5.86. The van der Waals surface area contributed by atoms with Gasteiger partial charge in [0, 0.05) is 5.69 Å². The monoisotopic (exact) mass is 314 g/mol. The van der Waals surface area contributed by atoms with Crippen LogP contribution >= 0.6 is 0 Å². The van der Waals surface area contributed by atoms with Crippen LogP contribution in [0.25, 0.3) is 0 Å². The Morgan fingerprint density at radius 2 is 1.83 bits per heavy atom. The third-order valence-electron chi connectivity index (χ3n) is 3.37. The van der Waals surface area contributed by atoms with Crippen molar-refractivity contribution < 1.29 is 14.0 Å². The largest absolute Gasteiger partial charge is 0.347 e. The van der Waals surface area contributed by atoms with Crippen LogP contribution in [-0.4, -0.2) is 18.4 Å². The molecule has 2 N–H and O–H groups in total. The van der Waals surface area contributed by atoms with Crippen molar-refractivity contribution in [1.82, 2.24) is 5.32 Å². The molecule has 0 radical (unpaired) electrons. The molecule has 5 heteroatoms. The lowest BCUT2D eigenvalue weighted by atomic mass is 10.1. The van der Waals surface area contributed by atoms with Crippen molar-refractivity contribution in [2.75, 3.05) is 11.9 Å². The van der Waals surface area contributed by atoms with Gasteiger partial charge in [-0.1, -0.05) is 37.3 Å². The quantitative estimate of drug-likeness (QED) is 0.861. The lowest BCUT2D eigenvalue weighted by Gasteiger charge is -2.10. The highest BCUT2D eigenvalue weighted by atomic mass is 19.1. The zero-order valence-electron chi connectivity index (χ0n) is 12.9. The first kappa shape index (κ1) is 16.7. The fourth-order valence-electron chi connectivity index (χ4n) is 2.22. The van der Waals surface area contributed by atoms with Crippen LogP contribution in [0.1, 0.15) is 18.1 Å². The van der Waals surface area contributed by atoms with Crippen LogP contribution in [0.3, 0.4) is 0 Å². The number of benzene rings is 2. The van der Waals surface area contributed by atoms with Crippen molar-refractivity contribution in [3.8, 4) is 0 Å². The van der Waals surface area contributed by atoms with Gasteiger partial charge in [-0.2, -0.15) is 0 Å². The first-order chi connectivity index (χ1) is 11.1. The molecule has 0 heterocycles. The van der Waals surface area contributed by atoms with E-state index in [0.717, 1.165) is 17.7 Å².